The van der Waals surface area contributed by atoms with E-state index >= 15 is 0 Å². The number of hydrogen-bond donors (Lipinski definition) is 1. The van der Waals surface area contributed by atoms with Gasteiger partial charge in [-0.3, -0.25) is 4.90 Å². The highest BCUT2D eigenvalue weighted by molar-refractivity contribution is 4.83. The van der Waals surface area contributed by atoms with Gasteiger partial charge in [-0.25, -0.2) is 0 Å². The topological polar surface area (TPSA) is 38.5 Å². The van der Waals surface area contributed by atoms with Crippen LogP contribution >= 0.6 is 0 Å². The Bertz CT molecular complexity index is 113. The second kappa shape index (κ2) is 5.51. The van der Waals surface area contributed by atoms with Crippen molar-refractivity contribution in [3.63, 3.8) is 0 Å². The van der Waals surface area contributed by atoms with Gasteiger partial charge < -0.3 is 10.5 Å². The first-order valence-electron chi connectivity index (χ1n) is 4.51. The minimum atomic E-state index is 0.124. The third kappa shape index (κ3) is 3.09. The first-order chi connectivity index (χ1) is 5.60. The van der Waals surface area contributed by atoms with E-state index in [1.807, 2.05) is 0 Å². The van der Waals surface area contributed by atoms with E-state index in [1.165, 1.54) is 0 Å². The summed E-state index contributed by atoms with van der Waals surface area (Å²) in [5, 5.41) is 0. The Kier molecular flexibility index (Phi) is 5.46. The van der Waals surface area contributed by atoms with Gasteiger partial charge in [0.15, 0.2) is 0 Å². The van der Waals surface area contributed by atoms with E-state index in [4.69, 9.17) is 10.5 Å². The molecule has 0 heterocycles. The zero-order valence-electron chi connectivity index (χ0n) is 8.76. The second-order valence-corrected chi connectivity index (χ2v) is 3.47. The number of rotatable bonds is 6. The lowest BCUT2D eigenvalue weighted by Crippen LogP contribution is -2.50. The SMILES string of the molecule is CCC(C)(CN)N(C)CCOC. The van der Waals surface area contributed by atoms with Crippen molar-refractivity contribution in [3.05, 3.63) is 0 Å². The van der Waals surface area contributed by atoms with Crippen molar-refractivity contribution in [2.24, 2.45) is 5.73 Å². The zero-order chi connectivity index (χ0) is 9.61. The van der Waals surface area contributed by atoms with Crippen molar-refractivity contribution in [1.29, 1.82) is 0 Å². The van der Waals surface area contributed by atoms with E-state index in [0.717, 1.165) is 19.6 Å². The smallest absolute Gasteiger partial charge is 0.0589 e. The first kappa shape index (κ1) is 11.9. The Hall–Kier alpha value is -0.120. The lowest BCUT2D eigenvalue weighted by molar-refractivity contribution is 0.0917. The first-order valence-corrected chi connectivity index (χ1v) is 4.51. The molecule has 0 aromatic carbocycles. The van der Waals surface area contributed by atoms with Gasteiger partial charge in [-0.05, 0) is 20.4 Å². The lowest BCUT2D eigenvalue weighted by Gasteiger charge is -2.37. The van der Waals surface area contributed by atoms with Gasteiger partial charge in [0.25, 0.3) is 0 Å². The van der Waals surface area contributed by atoms with Crippen LogP contribution in [-0.4, -0.2) is 44.3 Å². The van der Waals surface area contributed by atoms with Crippen LogP contribution in [0.1, 0.15) is 20.3 Å². The summed E-state index contributed by atoms with van der Waals surface area (Å²) in [6.07, 6.45) is 1.07. The maximum atomic E-state index is 5.71. The highest BCUT2D eigenvalue weighted by Crippen LogP contribution is 2.14. The number of ether oxygens (including phenoxy) is 1. The van der Waals surface area contributed by atoms with E-state index in [-0.39, 0.29) is 5.54 Å². The van der Waals surface area contributed by atoms with Gasteiger partial charge in [0.1, 0.15) is 0 Å². The summed E-state index contributed by atoms with van der Waals surface area (Å²) in [5.41, 5.74) is 5.83. The molecule has 0 aliphatic heterocycles. The summed E-state index contributed by atoms with van der Waals surface area (Å²) in [5.74, 6) is 0. The molecule has 0 aliphatic rings. The maximum Gasteiger partial charge on any atom is 0.0589 e. The van der Waals surface area contributed by atoms with Crippen LogP contribution in [0.15, 0.2) is 0 Å². The summed E-state index contributed by atoms with van der Waals surface area (Å²) < 4.78 is 5.01. The second-order valence-electron chi connectivity index (χ2n) is 3.47. The number of methoxy groups -OCH3 is 1. The van der Waals surface area contributed by atoms with Crippen LogP contribution in [0.2, 0.25) is 0 Å². The van der Waals surface area contributed by atoms with Crippen LogP contribution in [0, 0.1) is 0 Å². The predicted molar refractivity (Wildman–Crippen MR) is 52.3 cm³/mol. The number of nitrogens with zero attached hydrogens (tertiary/aromatic N) is 1. The molecule has 1 unspecified atom stereocenters. The third-order valence-corrected chi connectivity index (χ3v) is 2.75. The van der Waals surface area contributed by atoms with E-state index < -0.39 is 0 Å². The fourth-order valence-electron chi connectivity index (χ4n) is 1.07. The molecule has 0 spiro atoms. The molecule has 3 nitrogen and oxygen atoms in total. The third-order valence-electron chi connectivity index (χ3n) is 2.75. The fourth-order valence-corrected chi connectivity index (χ4v) is 1.07. The monoisotopic (exact) mass is 174 g/mol. The molecular formula is C9H22N2O. The summed E-state index contributed by atoms with van der Waals surface area (Å²) in [6.45, 7) is 6.76. The highest BCUT2D eigenvalue weighted by Gasteiger charge is 2.24. The molecular weight excluding hydrogens is 152 g/mol. The molecule has 0 radical (unpaired) electrons. The van der Waals surface area contributed by atoms with E-state index in [0.29, 0.717) is 6.54 Å². The minimum Gasteiger partial charge on any atom is -0.383 e. The Morgan fingerprint density at radius 2 is 2.08 bits per heavy atom. The summed E-state index contributed by atoms with van der Waals surface area (Å²) >= 11 is 0. The molecule has 1 atom stereocenters. The molecule has 0 saturated heterocycles. The largest absolute Gasteiger partial charge is 0.383 e. The normalized spacial score (nSPS) is 16.5. The van der Waals surface area contributed by atoms with Gasteiger partial charge in [-0.2, -0.15) is 0 Å². The molecule has 0 aromatic heterocycles. The maximum absolute atomic E-state index is 5.71. The Labute approximate surface area is 75.9 Å². The van der Waals surface area contributed by atoms with Crippen molar-refractivity contribution in [3.8, 4) is 0 Å². The van der Waals surface area contributed by atoms with Gasteiger partial charge >= 0.3 is 0 Å². The lowest BCUT2D eigenvalue weighted by atomic mass is 9.97. The van der Waals surface area contributed by atoms with E-state index in [1.54, 1.807) is 7.11 Å². The molecule has 0 aliphatic carbocycles. The van der Waals surface area contributed by atoms with Gasteiger partial charge in [-0.15, -0.1) is 0 Å². The van der Waals surface area contributed by atoms with E-state index in [9.17, 15) is 0 Å². The van der Waals surface area contributed by atoms with Crippen molar-refractivity contribution in [1.82, 2.24) is 4.90 Å². The number of nitrogens with two attached hydrogens (primary N) is 1. The predicted octanol–water partition coefficient (Wildman–Crippen LogP) is 0.692. The zero-order valence-corrected chi connectivity index (χ0v) is 8.76. The molecule has 0 bridgehead atoms. The molecule has 0 amide bonds. The summed E-state index contributed by atoms with van der Waals surface area (Å²) in [4.78, 5) is 2.26. The van der Waals surface area contributed by atoms with Crippen LogP contribution in [0.5, 0.6) is 0 Å². The van der Waals surface area contributed by atoms with Crippen molar-refractivity contribution in [2.75, 3.05) is 33.9 Å². The van der Waals surface area contributed by atoms with E-state index in [2.05, 4.69) is 25.8 Å². The average molecular weight is 174 g/mol. The van der Waals surface area contributed by atoms with Crippen LogP contribution in [0.25, 0.3) is 0 Å². The molecule has 3 heteroatoms. The molecule has 74 valence electrons. The molecule has 0 aromatic rings. The van der Waals surface area contributed by atoms with Gasteiger partial charge in [0, 0.05) is 25.7 Å². The van der Waals surface area contributed by atoms with Crippen molar-refractivity contribution >= 4 is 0 Å². The van der Waals surface area contributed by atoms with Crippen LogP contribution in [0.4, 0.5) is 0 Å². The van der Waals surface area contributed by atoms with Crippen molar-refractivity contribution < 1.29 is 4.74 Å². The van der Waals surface area contributed by atoms with Crippen LogP contribution < -0.4 is 5.73 Å². The Morgan fingerprint density at radius 1 is 1.50 bits per heavy atom. The standard InChI is InChI=1S/C9H22N2O/c1-5-9(2,8-10)11(3)6-7-12-4/h5-8,10H2,1-4H3. The van der Waals surface area contributed by atoms with Gasteiger partial charge in [-0.1, -0.05) is 6.92 Å². The Balaban J connectivity index is 3.93. The molecule has 12 heavy (non-hydrogen) atoms. The molecule has 0 fully saturated rings. The van der Waals surface area contributed by atoms with Gasteiger partial charge in [0.05, 0.1) is 6.61 Å². The van der Waals surface area contributed by atoms with Crippen LogP contribution in [-0.2, 0) is 4.74 Å². The molecule has 0 saturated carbocycles. The summed E-state index contributed by atoms with van der Waals surface area (Å²) in [7, 11) is 3.81. The van der Waals surface area contributed by atoms with Crippen molar-refractivity contribution in [2.45, 2.75) is 25.8 Å². The average Bonchev–Trinajstić information content (AvgIpc) is 2.12. The van der Waals surface area contributed by atoms with Gasteiger partial charge in [0.2, 0.25) is 0 Å². The fraction of sp³-hybridized carbons (Fsp3) is 1.00. The number of hydrogen-bond acceptors (Lipinski definition) is 3. The summed E-state index contributed by atoms with van der Waals surface area (Å²) in [6, 6.07) is 0. The Morgan fingerprint density at radius 3 is 2.42 bits per heavy atom. The number of likely N-dealkylation sites (N-methyl/N-ethyl adjacent to an activating group) is 1. The quantitative estimate of drug-likeness (QED) is 0.644. The highest BCUT2D eigenvalue weighted by atomic mass is 16.5. The van der Waals surface area contributed by atoms with Crippen LogP contribution in [0.3, 0.4) is 0 Å². The molecule has 2 N–H and O–H groups in total. The minimum absolute atomic E-state index is 0.124. The molecule has 0 rings (SSSR count).